The largest absolute Gasteiger partial charge is 0.467 e. The molecule has 8 heteroatoms. The first-order valence-electron chi connectivity index (χ1n) is 8.71. The van der Waals surface area contributed by atoms with Crippen LogP contribution in [0.3, 0.4) is 0 Å². The Morgan fingerprint density at radius 1 is 0.800 bits per heavy atom. The van der Waals surface area contributed by atoms with E-state index in [0.717, 1.165) is 7.11 Å². The molecular formula is C22H15F4NO3. The van der Waals surface area contributed by atoms with Gasteiger partial charge in [0.15, 0.2) is 29.3 Å². The molecule has 1 atom stereocenters. The van der Waals surface area contributed by atoms with Crippen LogP contribution in [0, 0.1) is 23.3 Å². The van der Waals surface area contributed by atoms with E-state index in [2.05, 4.69) is 10.1 Å². The fourth-order valence-electron chi connectivity index (χ4n) is 2.93. The second-order valence-electron chi connectivity index (χ2n) is 6.21. The van der Waals surface area contributed by atoms with Crippen LogP contribution in [-0.4, -0.2) is 19.0 Å². The van der Waals surface area contributed by atoms with Gasteiger partial charge in [-0.2, -0.15) is 0 Å². The van der Waals surface area contributed by atoms with Crippen molar-refractivity contribution >= 4 is 11.9 Å². The van der Waals surface area contributed by atoms with Gasteiger partial charge < -0.3 is 10.1 Å². The summed E-state index contributed by atoms with van der Waals surface area (Å²) in [6, 6.07) is 12.3. The van der Waals surface area contributed by atoms with Crippen LogP contribution >= 0.6 is 0 Å². The highest BCUT2D eigenvalue weighted by atomic mass is 19.2. The molecule has 1 amide bonds. The average Bonchev–Trinajstić information content (AvgIpc) is 2.78. The molecule has 0 heterocycles. The molecule has 0 fully saturated rings. The zero-order chi connectivity index (χ0) is 21.8. The number of amides is 1. The maximum absolute atomic E-state index is 14.8. The molecule has 154 valence electrons. The third-order valence-electron chi connectivity index (χ3n) is 4.40. The van der Waals surface area contributed by atoms with Gasteiger partial charge in [0.05, 0.1) is 18.2 Å². The smallest absolute Gasteiger partial charge is 0.333 e. The van der Waals surface area contributed by atoms with Gasteiger partial charge in [-0.25, -0.2) is 22.4 Å². The highest BCUT2D eigenvalue weighted by Crippen LogP contribution is 2.35. The van der Waals surface area contributed by atoms with Crippen molar-refractivity contribution < 1.29 is 31.9 Å². The Balaban J connectivity index is 2.13. The molecule has 1 unspecified atom stereocenters. The van der Waals surface area contributed by atoms with Gasteiger partial charge in [-0.05, 0) is 17.7 Å². The molecule has 0 bridgehead atoms. The van der Waals surface area contributed by atoms with Gasteiger partial charge in [0.1, 0.15) is 0 Å². The predicted molar refractivity (Wildman–Crippen MR) is 100 cm³/mol. The zero-order valence-corrected chi connectivity index (χ0v) is 15.6. The molecule has 4 nitrogen and oxygen atoms in total. The zero-order valence-electron chi connectivity index (χ0n) is 15.6. The minimum atomic E-state index is -2.11. The number of benzene rings is 3. The minimum absolute atomic E-state index is 0.0640. The van der Waals surface area contributed by atoms with Crippen molar-refractivity contribution in [2.45, 2.75) is 6.04 Å². The molecule has 0 aliphatic heterocycles. The quantitative estimate of drug-likeness (QED) is 0.376. The molecular weight excluding hydrogens is 402 g/mol. The van der Waals surface area contributed by atoms with Crippen molar-refractivity contribution in [3.8, 4) is 11.1 Å². The fourth-order valence-corrected chi connectivity index (χ4v) is 2.93. The molecule has 0 saturated heterocycles. The normalized spacial score (nSPS) is 11.6. The number of esters is 1. The van der Waals surface area contributed by atoms with E-state index in [1.807, 2.05) is 0 Å². The Morgan fingerprint density at radius 2 is 1.30 bits per heavy atom. The molecule has 3 rings (SSSR count). The first kappa shape index (κ1) is 21.0. The number of nitrogens with one attached hydrogen (secondary N) is 1. The average molecular weight is 417 g/mol. The van der Waals surface area contributed by atoms with Gasteiger partial charge in [0.25, 0.3) is 5.91 Å². The van der Waals surface area contributed by atoms with Crippen LogP contribution in [0.2, 0.25) is 0 Å². The van der Waals surface area contributed by atoms with Crippen LogP contribution in [0.25, 0.3) is 11.1 Å². The molecule has 0 aromatic heterocycles. The van der Waals surface area contributed by atoms with Gasteiger partial charge in [0, 0.05) is 5.56 Å². The second kappa shape index (κ2) is 8.77. The molecule has 1 N–H and O–H groups in total. The Bertz CT molecular complexity index is 1060. The summed E-state index contributed by atoms with van der Waals surface area (Å²) in [5, 5.41) is 2.07. The lowest BCUT2D eigenvalue weighted by Crippen LogP contribution is -2.36. The van der Waals surface area contributed by atoms with Gasteiger partial charge >= 0.3 is 5.97 Å². The minimum Gasteiger partial charge on any atom is -0.467 e. The van der Waals surface area contributed by atoms with Crippen LogP contribution in [0.1, 0.15) is 22.0 Å². The summed E-state index contributed by atoms with van der Waals surface area (Å²) >= 11 is 0. The summed E-state index contributed by atoms with van der Waals surface area (Å²) in [6.45, 7) is 0. The van der Waals surface area contributed by atoms with Crippen molar-refractivity contribution in [2.75, 3.05) is 7.11 Å². The summed E-state index contributed by atoms with van der Waals surface area (Å²) in [5.74, 6) is -9.20. The summed E-state index contributed by atoms with van der Waals surface area (Å²) < 4.78 is 63.6. The van der Waals surface area contributed by atoms with Crippen molar-refractivity contribution in [1.82, 2.24) is 5.32 Å². The van der Waals surface area contributed by atoms with Crippen LogP contribution in [-0.2, 0) is 9.53 Å². The molecule has 30 heavy (non-hydrogen) atoms. The van der Waals surface area contributed by atoms with E-state index in [1.165, 1.54) is 48.5 Å². The monoisotopic (exact) mass is 417 g/mol. The lowest BCUT2D eigenvalue weighted by Gasteiger charge is -2.20. The van der Waals surface area contributed by atoms with E-state index in [1.54, 1.807) is 12.1 Å². The van der Waals surface area contributed by atoms with Crippen molar-refractivity contribution in [2.24, 2.45) is 0 Å². The summed E-state index contributed by atoms with van der Waals surface area (Å²) in [4.78, 5) is 24.5. The van der Waals surface area contributed by atoms with Crippen molar-refractivity contribution in [3.05, 3.63) is 95.1 Å². The second-order valence-corrected chi connectivity index (χ2v) is 6.21. The van der Waals surface area contributed by atoms with Crippen LogP contribution in [0.15, 0.2) is 60.7 Å². The van der Waals surface area contributed by atoms with Crippen LogP contribution < -0.4 is 5.32 Å². The Labute approximate surface area is 169 Å². The van der Waals surface area contributed by atoms with E-state index >= 15 is 0 Å². The lowest BCUT2D eigenvalue weighted by atomic mass is 9.97. The molecule has 3 aromatic carbocycles. The maximum atomic E-state index is 14.8. The molecule has 0 spiro atoms. The third-order valence-corrected chi connectivity index (χ3v) is 4.40. The van der Waals surface area contributed by atoms with E-state index < -0.39 is 52.3 Å². The van der Waals surface area contributed by atoms with E-state index in [0.29, 0.717) is 0 Å². The molecule has 0 radical (unpaired) electrons. The van der Waals surface area contributed by atoms with Crippen molar-refractivity contribution in [3.63, 3.8) is 0 Å². The van der Waals surface area contributed by atoms with Gasteiger partial charge in [-0.15, -0.1) is 0 Å². The predicted octanol–water partition coefficient (Wildman–Crippen LogP) is 4.55. The SMILES string of the molecule is COC(=O)C(NC(=O)c1ccccc1)c1c(F)c(F)c(-c2ccccc2)c(F)c1F. The summed E-state index contributed by atoms with van der Waals surface area (Å²) in [7, 11) is 0.908. The molecule has 0 aliphatic carbocycles. The summed E-state index contributed by atoms with van der Waals surface area (Å²) in [6.07, 6.45) is 0. The molecule has 3 aromatic rings. The number of carbonyl (C=O) groups excluding carboxylic acids is 2. The van der Waals surface area contributed by atoms with Gasteiger partial charge in [-0.3, -0.25) is 4.79 Å². The topological polar surface area (TPSA) is 55.4 Å². The number of rotatable bonds is 5. The van der Waals surface area contributed by atoms with Crippen molar-refractivity contribution in [1.29, 1.82) is 0 Å². The number of carbonyl (C=O) groups is 2. The van der Waals surface area contributed by atoms with E-state index in [-0.39, 0.29) is 11.1 Å². The summed E-state index contributed by atoms with van der Waals surface area (Å²) in [5.41, 5.74) is -2.25. The highest BCUT2D eigenvalue weighted by Gasteiger charge is 2.35. The standard InChI is InChI=1S/C22H15F4NO3/c1-30-22(29)20(27-21(28)13-10-6-3-7-11-13)15-18(25)16(23)14(17(24)19(15)26)12-8-4-2-5-9-12/h2-11,20H,1H3,(H,27,28). The fraction of sp³-hybridized carbons (Fsp3) is 0.0909. The Hall–Kier alpha value is -3.68. The highest BCUT2D eigenvalue weighted by molar-refractivity contribution is 5.97. The Kier molecular flexibility index (Phi) is 6.15. The van der Waals surface area contributed by atoms with E-state index in [4.69, 9.17) is 0 Å². The first-order chi connectivity index (χ1) is 14.4. The third kappa shape index (κ3) is 3.89. The molecule has 0 saturated carbocycles. The number of hydrogen-bond donors (Lipinski definition) is 1. The molecule has 0 aliphatic rings. The maximum Gasteiger partial charge on any atom is 0.333 e. The number of ether oxygens (including phenoxy) is 1. The Morgan fingerprint density at radius 3 is 1.80 bits per heavy atom. The lowest BCUT2D eigenvalue weighted by molar-refractivity contribution is -0.143. The number of methoxy groups -OCH3 is 1. The van der Waals surface area contributed by atoms with E-state index in [9.17, 15) is 27.2 Å². The van der Waals surface area contributed by atoms with Gasteiger partial charge in [-0.1, -0.05) is 48.5 Å². The van der Waals surface area contributed by atoms with Crippen LogP contribution in [0.4, 0.5) is 17.6 Å². The number of halogens is 4. The first-order valence-corrected chi connectivity index (χ1v) is 8.71. The van der Waals surface area contributed by atoms with Gasteiger partial charge in [0.2, 0.25) is 0 Å². The number of hydrogen-bond acceptors (Lipinski definition) is 3. The van der Waals surface area contributed by atoms with Crippen LogP contribution in [0.5, 0.6) is 0 Å².